The van der Waals surface area contributed by atoms with Gasteiger partial charge in [-0.15, -0.1) is 0 Å². The number of thioether (sulfide) groups is 1. The smallest absolute Gasteiger partial charge is 0.343 e. The zero-order chi connectivity index (χ0) is 20.7. The van der Waals surface area contributed by atoms with E-state index >= 15 is 0 Å². The minimum absolute atomic E-state index is 0.0529. The Labute approximate surface area is 176 Å². The van der Waals surface area contributed by atoms with E-state index in [4.69, 9.17) is 14.0 Å². The van der Waals surface area contributed by atoms with Crippen molar-refractivity contribution in [3.05, 3.63) is 60.4 Å². The van der Waals surface area contributed by atoms with Crippen LogP contribution in [0.4, 0.5) is 5.69 Å². The molecule has 1 saturated heterocycles. The monoisotopic (exact) mass is 422 g/mol. The Balaban J connectivity index is 1.31. The minimum Gasteiger partial charge on any atom is -0.497 e. The average Bonchev–Trinajstić information content (AvgIpc) is 3.46. The summed E-state index contributed by atoms with van der Waals surface area (Å²) in [5.41, 5.74) is 2.27. The Hall–Kier alpha value is -3.26. The van der Waals surface area contributed by atoms with Crippen LogP contribution in [0.5, 0.6) is 5.75 Å². The lowest BCUT2D eigenvalue weighted by molar-refractivity contribution is -0.148. The maximum absolute atomic E-state index is 13.1. The molecule has 2 aliphatic rings. The number of para-hydroxylation sites is 1. The van der Waals surface area contributed by atoms with Crippen LogP contribution in [-0.4, -0.2) is 29.0 Å². The highest BCUT2D eigenvalue weighted by molar-refractivity contribution is 8.02. The highest BCUT2D eigenvalue weighted by Gasteiger charge is 2.58. The van der Waals surface area contributed by atoms with Crippen molar-refractivity contribution < 1.29 is 23.6 Å². The number of carbonyl (C=O) groups is 2. The topological polar surface area (TPSA) is 81.9 Å². The van der Waals surface area contributed by atoms with Crippen molar-refractivity contribution in [1.82, 2.24) is 5.16 Å². The number of nitrogens with zero attached hydrogens (tertiary/aromatic N) is 2. The molecule has 8 heteroatoms. The van der Waals surface area contributed by atoms with Gasteiger partial charge in [0, 0.05) is 29.4 Å². The summed E-state index contributed by atoms with van der Waals surface area (Å²) in [7, 11) is 1.61. The second kappa shape index (κ2) is 7.21. The average molecular weight is 422 g/mol. The Morgan fingerprint density at radius 1 is 1.23 bits per heavy atom. The molecule has 0 unspecified atom stereocenters. The van der Waals surface area contributed by atoms with E-state index in [0.29, 0.717) is 24.3 Å². The first kappa shape index (κ1) is 18.7. The minimum atomic E-state index is -1.04. The van der Waals surface area contributed by atoms with Crippen molar-refractivity contribution in [2.75, 3.05) is 12.0 Å². The fourth-order valence-electron chi connectivity index (χ4n) is 3.80. The Kier molecular flexibility index (Phi) is 4.51. The summed E-state index contributed by atoms with van der Waals surface area (Å²) < 4.78 is 16.1. The lowest BCUT2D eigenvalue weighted by Crippen LogP contribution is -2.47. The van der Waals surface area contributed by atoms with Crippen LogP contribution in [0.1, 0.15) is 18.6 Å². The summed E-state index contributed by atoms with van der Waals surface area (Å²) in [6.07, 6.45) is 0.734. The molecule has 1 aromatic heterocycles. The van der Waals surface area contributed by atoms with E-state index in [1.54, 1.807) is 18.1 Å². The Morgan fingerprint density at radius 3 is 2.83 bits per heavy atom. The number of esters is 1. The van der Waals surface area contributed by atoms with Crippen molar-refractivity contribution in [2.24, 2.45) is 0 Å². The highest BCUT2D eigenvalue weighted by atomic mass is 32.2. The number of aromatic nitrogens is 1. The molecule has 1 fully saturated rings. The van der Waals surface area contributed by atoms with Crippen molar-refractivity contribution in [3.8, 4) is 17.0 Å². The molecule has 0 bridgehead atoms. The fourth-order valence-corrected chi connectivity index (χ4v) is 5.21. The molecule has 3 aromatic rings. The van der Waals surface area contributed by atoms with E-state index in [1.165, 1.54) is 11.8 Å². The van der Waals surface area contributed by atoms with Crippen molar-refractivity contribution in [1.29, 1.82) is 0 Å². The highest BCUT2D eigenvalue weighted by Crippen LogP contribution is 2.56. The molecule has 0 aliphatic carbocycles. The predicted octanol–water partition coefficient (Wildman–Crippen LogP) is 4.02. The molecule has 1 atom stereocenters. The normalized spacial score (nSPS) is 19.5. The van der Waals surface area contributed by atoms with E-state index < -0.39 is 10.8 Å². The first-order chi connectivity index (χ1) is 14.6. The van der Waals surface area contributed by atoms with Crippen molar-refractivity contribution in [3.63, 3.8) is 0 Å². The van der Waals surface area contributed by atoms with Gasteiger partial charge in [0.05, 0.1) is 12.8 Å². The summed E-state index contributed by atoms with van der Waals surface area (Å²) in [4.78, 5) is 27.0. The van der Waals surface area contributed by atoms with Crippen molar-refractivity contribution >= 4 is 29.3 Å². The number of carbonyl (C=O) groups excluding carboxylic acids is 2. The van der Waals surface area contributed by atoms with Gasteiger partial charge in [0.2, 0.25) is 5.91 Å². The summed E-state index contributed by atoms with van der Waals surface area (Å²) >= 11 is 1.38. The van der Waals surface area contributed by atoms with Crippen LogP contribution < -0.4 is 9.64 Å². The third-order valence-corrected chi connectivity index (χ3v) is 6.74. The third kappa shape index (κ3) is 2.95. The van der Waals surface area contributed by atoms with Gasteiger partial charge in [0.1, 0.15) is 11.4 Å². The molecule has 0 spiro atoms. The van der Waals surface area contributed by atoms with Gasteiger partial charge in [-0.2, -0.15) is 0 Å². The first-order valence-electron chi connectivity index (χ1n) is 9.49. The maximum atomic E-state index is 13.1. The molecule has 0 saturated carbocycles. The fraction of sp³-hybridized carbons (Fsp3) is 0.227. The molecule has 2 aliphatic heterocycles. The Bertz CT molecular complexity index is 1130. The summed E-state index contributed by atoms with van der Waals surface area (Å²) in [5, 5.41) is 4.05. The lowest BCUT2D eigenvalue weighted by atomic mass is 10.1. The van der Waals surface area contributed by atoms with Gasteiger partial charge in [-0.25, -0.2) is 4.79 Å². The predicted molar refractivity (Wildman–Crippen MR) is 110 cm³/mol. The van der Waals surface area contributed by atoms with E-state index in [2.05, 4.69) is 5.16 Å². The SMILES string of the molecule is COc1ccc(-c2cc(COC(=O)[C@@]34CCC(=O)N3c3ccccc3S4)on2)cc1. The molecule has 1 amide bonds. The molecule has 5 rings (SSSR count). The van der Waals surface area contributed by atoms with Crippen LogP contribution in [0.2, 0.25) is 0 Å². The van der Waals surface area contributed by atoms with Gasteiger partial charge in [-0.1, -0.05) is 29.1 Å². The molecule has 3 heterocycles. The van der Waals surface area contributed by atoms with Crippen molar-refractivity contribution in [2.45, 2.75) is 29.2 Å². The molecule has 152 valence electrons. The standard InChI is InChI=1S/C22H18N2O5S/c1-27-15-8-6-14(7-9-15)17-12-16(29-23-17)13-28-21(26)22-11-10-20(25)24(22)18-4-2-3-5-19(18)30-22/h2-9,12H,10-11,13H2,1H3/t22-/m0/s1. The van der Waals surface area contributed by atoms with E-state index in [-0.39, 0.29) is 12.5 Å². The zero-order valence-electron chi connectivity index (χ0n) is 16.2. The largest absolute Gasteiger partial charge is 0.497 e. The second-order valence-corrected chi connectivity index (χ2v) is 8.39. The summed E-state index contributed by atoms with van der Waals surface area (Å²) in [6.45, 7) is -0.0529. The Morgan fingerprint density at radius 2 is 2.03 bits per heavy atom. The van der Waals surface area contributed by atoms with Crippen LogP contribution in [0.25, 0.3) is 11.3 Å². The molecular weight excluding hydrogens is 404 g/mol. The number of ether oxygens (including phenoxy) is 2. The van der Waals surface area contributed by atoms with Crippen LogP contribution in [0.3, 0.4) is 0 Å². The quantitative estimate of drug-likeness (QED) is 0.574. The third-order valence-electron chi connectivity index (χ3n) is 5.28. The van der Waals surface area contributed by atoms with Gasteiger partial charge in [-0.05, 0) is 36.4 Å². The number of fused-ring (bicyclic) bond motifs is 3. The van der Waals surface area contributed by atoms with Crippen LogP contribution in [-0.2, 0) is 20.9 Å². The van der Waals surface area contributed by atoms with Gasteiger partial charge in [-0.3, -0.25) is 9.69 Å². The molecule has 30 heavy (non-hydrogen) atoms. The molecule has 0 radical (unpaired) electrons. The number of rotatable bonds is 5. The summed E-state index contributed by atoms with van der Waals surface area (Å²) in [6, 6.07) is 16.7. The number of hydrogen-bond acceptors (Lipinski definition) is 7. The second-order valence-electron chi connectivity index (χ2n) is 7.07. The molecule has 7 nitrogen and oxygen atoms in total. The van der Waals surface area contributed by atoms with E-state index in [1.807, 2.05) is 48.5 Å². The van der Waals surface area contributed by atoms with Gasteiger partial charge < -0.3 is 14.0 Å². The lowest BCUT2D eigenvalue weighted by Gasteiger charge is -2.28. The van der Waals surface area contributed by atoms with E-state index in [9.17, 15) is 9.59 Å². The van der Waals surface area contributed by atoms with Gasteiger partial charge in [0.25, 0.3) is 0 Å². The molecule has 2 aromatic carbocycles. The van der Waals surface area contributed by atoms with Gasteiger partial charge >= 0.3 is 5.97 Å². The number of amides is 1. The number of hydrogen-bond donors (Lipinski definition) is 0. The van der Waals surface area contributed by atoms with Crippen LogP contribution in [0.15, 0.2) is 64.0 Å². The maximum Gasteiger partial charge on any atom is 0.343 e. The summed E-state index contributed by atoms with van der Waals surface area (Å²) in [5.74, 6) is 0.672. The molecule has 0 N–H and O–H groups in total. The number of benzene rings is 2. The van der Waals surface area contributed by atoms with E-state index in [0.717, 1.165) is 21.9 Å². The van der Waals surface area contributed by atoms with Gasteiger partial charge in [0.15, 0.2) is 17.2 Å². The number of anilines is 1. The first-order valence-corrected chi connectivity index (χ1v) is 10.3. The van der Waals surface area contributed by atoms with Crippen LogP contribution in [0, 0.1) is 0 Å². The zero-order valence-corrected chi connectivity index (χ0v) is 17.0. The van der Waals surface area contributed by atoms with Crippen LogP contribution >= 0.6 is 11.8 Å². The number of methoxy groups -OCH3 is 1. The molecular formula is C22H18N2O5S.